The second-order valence-electron chi connectivity index (χ2n) is 6.59. The normalized spacial score (nSPS) is 12.2. The van der Waals surface area contributed by atoms with Crippen LogP contribution in [0.3, 0.4) is 0 Å². The van der Waals surface area contributed by atoms with Gasteiger partial charge in [-0.1, -0.05) is 5.16 Å². The number of hydrogen-bond donors (Lipinski definition) is 0. The number of thiophene rings is 1. The maximum atomic E-state index is 13.2. The minimum absolute atomic E-state index is 0.0250. The summed E-state index contributed by atoms with van der Waals surface area (Å²) >= 11 is 1.03. The first-order valence-corrected chi connectivity index (χ1v) is 9.78. The fraction of sp³-hybridized carbons (Fsp3) is 0.222. The largest absolute Gasteiger partial charge is 0.471 e. The Morgan fingerprint density at radius 2 is 1.76 bits per heavy atom. The molecule has 172 valence electrons. The average Bonchev–Trinajstić information content (AvgIpc) is 3.41. The molecule has 33 heavy (non-hydrogen) atoms. The molecule has 0 aliphatic carbocycles. The van der Waals surface area contributed by atoms with Crippen LogP contribution in [-0.4, -0.2) is 30.3 Å². The van der Waals surface area contributed by atoms with Gasteiger partial charge in [-0.15, -0.1) is 16.4 Å². The molecule has 4 rings (SSSR count). The lowest BCUT2D eigenvalue weighted by Gasteiger charge is -2.22. The fourth-order valence-corrected chi connectivity index (χ4v) is 3.60. The number of halogens is 6. The molecule has 15 heteroatoms. The number of nitrogens with zero attached hydrogens (tertiary/aromatic N) is 7. The van der Waals surface area contributed by atoms with Crippen LogP contribution in [0.1, 0.15) is 22.0 Å². The highest BCUT2D eigenvalue weighted by molar-refractivity contribution is 7.15. The molecule has 0 fully saturated rings. The van der Waals surface area contributed by atoms with Gasteiger partial charge in [0, 0.05) is 11.1 Å². The van der Waals surface area contributed by atoms with Crippen LogP contribution in [0, 0.1) is 6.92 Å². The van der Waals surface area contributed by atoms with E-state index < -0.39 is 23.8 Å². The first-order valence-electron chi connectivity index (χ1n) is 8.97. The van der Waals surface area contributed by atoms with Gasteiger partial charge in [0.05, 0.1) is 35.1 Å². The third kappa shape index (κ3) is 5.08. The number of aromatic nitrogens is 6. The van der Waals surface area contributed by atoms with Gasteiger partial charge in [-0.3, -0.25) is 4.98 Å². The number of anilines is 2. The molecule has 4 heterocycles. The van der Waals surface area contributed by atoms with Gasteiger partial charge >= 0.3 is 18.2 Å². The third-order valence-electron chi connectivity index (χ3n) is 4.13. The van der Waals surface area contributed by atoms with E-state index in [1.165, 1.54) is 23.4 Å². The van der Waals surface area contributed by atoms with Crippen LogP contribution in [0.15, 0.2) is 41.3 Å². The van der Waals surface area contributed by atoms with E-state index in [2.05, 4.69) is 34.8 Å². The highest BCUT2D eigenvalue weighted by Crippen LogP contribution is 2.35. The Morgan fingerprint density at radius 3 is 2.42 bits per heavy atom. The molecule has 0 aromatic carbocycles. The lowest BCUT2D eigenvalue weighted by molar-refractivity contribution is -0.159. The standard InChI is InChI=1S/C18H11F6N7OS/c1-9-5-25-7-14(27-9)31(13-4-10(6-26-29-13)17(19,20)21)8-11-2-3-12(33-11)15-28-16(32-30-15)18(22,23)24/h2-7H,8H2,1H3. The van der Waals surface area contributed by atoms with Crippen LogP contribution in [0.25, 0.3) is 10.7 Å². The molecular weight excluding hydrogens is 476 g/mol. The Balaban J connectivity index is 1.68. The zero-order valence-electron chi connectivity index (χ0n) is 16.4. The molecule has 8 nitrogen and oxygen atoms in total. The van der Waals surface area contributed by atoms with Gasteiger partial charge in [-0.25, -0.2) is 4.98 Å². The molecular formula is C18H11F6N7OS. The Labute approximate surface area is 184 Å². The molecule has 0 aliphatic rings. The number of aryl methyl sites for hydroxylation is 1. The van der Waals surface area contributed by atoms with E-state index in [1.807, 2.05) is 0 Å². The summed E-state index contributed by atoms with van der Waals surface area (Å²) < 4.78 is 81.9. The smallest absolute Gasteiger partial charge is 0.329 e. The first-order chi connectivity index (χ1) is 15.5. The molecule has 0 atom stereocenters. The van der Waals surface area contributed by atoms with Gasteiger partial charge in [-0.05, 0) is 25.1 Å². The van der Waals surface area contributed by atoms with Gasteiger partial charge in [0.1, 0.15) is 0 Å². The molecule has 0 unspecified atom stereocenters. The molecule has 0 bridgehead atoms. The van der Waals surface area contributed by atoms with Crippen LogP contribution in [0.4, 0.5) is 38.0 Å². The van der Waals surface area contributed by atoms with Crippen LogP contribution in [-0.2, 0) is 18.9 Å². The minimum Gasteiger partial charge on any atom is -0.329 e. The first kappa shape index (κ1) is 22.6. The quantitative estimate of drug-likeness (QED) is 0.361. The van der Waals surface area contributed by atoms with E-state index in [-0.39, 0.29) is 28.9 Å². The molecule has 0 N–H and O–H groups in total. The second kappa shape index (κ2) is 8.38. The highest BCUT2D eigenvalue weighted by atomic mass is 32.1. The molecule has 0 aliphatic heterocycles. The second-order valence-corrected chi connectivity index (χ2v) is 7.76. The molecule has 0 saturated heterocycles. The van der Waals surface area contributed by atoms with E-state index in [1.54, 1.807) is 13.0 Å². The zero-order valence-corrected chi connectivity index (χ0v) is 17.2. The van der Waals surface area contributed by atoms with Crippen LogP contribution in [0.5, 0.6) is 0 Å². The number of alkyl halides is 6. The van der Waals surface area contributed by atoms with Gasteiger partial charge in [0.15, 0.2) is 11.6 Å². The van der Waals surface area contributed by atoms with Crippen molar-refractivity contribution in [3.05, 3.63) is 58.8 Å². The summed E-state index contributed by atoms with van der Waals surface area (Å²) in [5.74, 6) is -1.68. The summed E-state index contributed by atoms with van der Waals surface area (Å²) in [7, 11) is 0. The van der Waals surface area contributed by atoms with E-state index >= 15 is 0 Å². The topological polar surface area (TPSA) is 93.7 Å². The Bertz CT molecular complexity index is 1270. The predicted octanol–water partition coefficient (Wildman–Crippen LogP) is 5.06. The fourth-order valence-electron chi connectivity index (χ4n) is 2.68. The Hall–Kier alpha value is -3.62. The van der Waals surface area contributed by atoms with Gasteiger partial charge in [0.25, 0.3) is 0 Å². The monoisotopic (exact) mass is 487 g/mol. The van der Waals surface area contributed by atoms with Crippen molar-refractivity contribution in [3.63, 3.8) is 0 Å². The van der Waals surface area contributed by atoms with Crippen LogP contribution in [0.2, 0.25) is 0 Å². The Morgan fingerprint density at radius 1 is 0.970 bits per heavy atom. The molecule has 4 aromatic heterocycles. The maximum absolute atomic E-state index is 13.2. The molecule has 0 saturated carbocycles. The predicted molar refractivity (Wildman–Crippen MR) is 102 cm³/mol. The lowest BCUT2D eigenvalue weighted by Crippen LogP contribution is -2.20. The van der Waals surface area contributed by atoms with E-state index in [4.69, 9.17) is 0 Å². The number of hydrogen-bond acceptors (Lipinski definition) is 9. The summed E-state index contributed by atoms with van der Waals surface area (Å²) in [6.07, 6.45) is -6.01. The molecule has 0 spiro atoms. The summed E-state index contributed by atoms with van der Waals surface area (Å²) in [6.45, 7) is 1.63. The van der Waals surface area contributed by atoms with Gasteiger partial charge < -0.3 is 9.42 Å². The summed E-state index contributed by atoms with van der Waals surface area (Å²) in [4.78, 5) is 13.8. The van der Waals surface area contributed by atoms with Crippen molar-refractivity contribution in [1.82, 2.24) is 30.3 Å². The molecule has 0 amide bonds. The van der Waals surface area contributed by atoms with Gasteiger partial charge in [-0.2, -0.15) is 36.4 Å². The van der Waals surface area contributed by atoms with Crippen molar-refractivity contribution in [2.45, 2.75) is 25.8 Å². The van der Waals surface area contributed by atoms with Gasteiger partial charge in [0.2, 0.25) is 5.82 Å². The van der Waals surface area contributed by atoms with E-state index in [0.717, 1.165) is 17.4 Å². The van der Waals surface area contributed by atoms with E-state index in [0.29, 0.717) is 16.8 Å². The zero-order chi connectivity index (χ0) is 23.8. The van der Waals surface area contributed by atoms with Crippen molar-refractivity contribution in [3.8, 4) is 10.7 Å². The Kier molecular flexibility index (Phi) is 5.73. The van der Waals surface area contributed by atoms with Crippen LogP contribution >= 0.6 is 11.3 Å². The molecule has 4 aromatic rings. The summed E-state index contributed by atoms with van der Waals surface area (Å²) in [6, 6.07) is 3.87. The van der Waals surface area contributed by atoms with Crippen molar-refractivity contribution >= 4 is 23.0 Å². The molecule has 0 radical (unpaired) electrons. The van der Waals surface area contributed by atoms with Crippen molar-refractivity contribution < 1.29 is 30.9 Å². The number of rotatable bonds is 5. The minimum atomic E-state index is -4.78. The summed E-state index contributed by atoms with van der Waals surface area (Å²) in [5.41, 5.74) is -0.493. The highest BCUT2D eigenvalue weighted by Gasteiger charge is 2.38. The SMILES string of the molecule is Cc1cncc(N(Cc2ccc(-c3noc(C(F)(F)F)n3)s2)c2cc(C(F)(F)F)cnn2)n1. The van der Waals surface area contributed by atoms with Crippen molar-refractivity contribution in [2.75, 3.05) is 4.90 Å². The van der Waals surface area contributed by atoms with Crippen molar-refractivity contribution in [1.29, 1.82) is 0 Å². The van der Waals surface area contributed by atoms with Crippen LogP contribution < -0.4 is 4.90 Å². The maximum Gasteiger partial charge on any atom is 0.471 e. The summed E-state index contributed by atoms with van der Waals surface area (Å²) in [5, 5.41) is 10.6. The van der Waals surface area contributed by atoms with E-state index in [9.17, 15) is 26.3 Å². The third-order valence-corrected chi connectivity index (χ3v) is 5.19. The average molecular weight is 487 g/mol. The van der Waals surface area contributed by atoms with Crippen molar-refractivity contribution in [2.24, 2.45) is 0 Å². The lowest BCUT2D eigenvalue weighted by atomic mass is 10.2.